The van der Waals surface area contributed by atoms with Crippen LogP contribution in [-0.2, 0) is 22.4 Å². The number of ether oxygens (including phenoxy) is 1. The molecule has 0 radical (unpaired) electrons. The molecule has 1 aliphatic heterocycles. The average Bonchev–Trinajstić information content (AvgIpc) is 2.98. The minimum Gasteiger partial charge on any atom is -0.462 e. The molecular weight excluding hydrogens is 348 g/mol. The van der Waals surface area contributed by atoms with Crippen LogP contribution >= 0.6 is 11.3 Å². The van der Waals surface area contributed by atoms with Gasteiger partial charge in [0.15, 0.2) is 6.04 Å². The Morgan fingerprint density at radius 3 is 2.73 bits per heavy atom. The van der Waals surface area contributed by atoms with E-state index in [1.807, 2.05) is 13.8 Å². The van der Waals surface area contributed by atoms with Gasteiger partial charge in [0.25, 0.3) is 5.91 Å². The zero-order valence-electron chi connectivity index (χ0n) is 16.2. The number of hydrogen-bond acceptors (Lipinski definition) is 4. The van der Waals surface area contributed by atoms with Crippen LogP contribution in [0.5, 0.6) is 0 Å². The molecule has 1 saturated heterocycles. The summed E-state index contributed by atoms with van der Waals surface area (Å²) in [4.78, 5) is 28.0. The second kappa shape index (κ2) is 8.53. The van der Waals surface area contributed by atoms with Gasteiger partial charge in [0.2, 0.25) is 0 Å². The van der Waals surface area contributed by atoms with Gasteiger partial charge < -0.3 is 15.0 Å². The van der Waals surface area contributed by atoms with Gasteiger partial charge in [-0.2, -0.15) is 0 Å². The third-order valence-electron chi connectivity index (χ3n) is 5.73. The Kier molecular flexibility index (Phi) is 6.35. The van der Waals surface area contributed by atoms with Crippen molar-refractivity contribution in [1.82, 2.24) is 0 Å². The summed E-state index contributed by atoms with van der Waals surface area (Å²) in [7, 11) is 0. The Hall–Kier alpha value is -1.40. The molecule has 1 fully saturated rings. The van der Waals surface area contributed by atoms with Gasteiger partial charge in [-0.1, -0.05) is 6.92 Å². The molecule has 5 nitrogen and oxygen atoms in total. The quantitative estimate of drug-likeness (QED) is 0.773. The molecule has 2 atom stereocenters. The van der Waals surface area contributed by atoms with Gasteiger partial charge in [-0.3, -0.25) is 4.79 Å². The molecule has 1 amide bonds. The smallest absolute Gasteiger partial charge is 0.341 e. The van der Waals surface area contributed by atoms with Gasteiger partial charge in [-0.15, -0.1) is 11.3 Å². The predicted octanol–water partition coefficient (Wildman–Crippen LogP) is 2.45. The van der Waals surface area contributed by atoms with Crippen molar-refractivity contribution in [3.8, 4) is 0 Å². The summed E-state index contributed by atoms with van der Waals surface area (Å²) in [6.45, 7) is 8.51. The predicted molar refractivity (Wildman–Crippen MR) is 104 cm³/mol. The van der Waals surface area contributed by atoms with Crippen LogP contribution in [0.1, 0.15) is 67.3 Å². The van der Waals surface area contributed by atoms with Crippen molar-refractivity contribution in [2.45, 2.75) is 65.3 Å². The molecule has 2 aliphatic rings. The molecule has 0 aromatic carbocycles. The lowest BCUT2D eigenvalue weighted by Gasteiger charge is -2.28. The first-order valence-electron chi connectivity index (χ1n) is 9.98. The fraction of sp³-hybridized carbons (Fsp3) is 0.700. The van der Waals surface area contributed by atoms with Crippen LogP contribution in [0.4, 0.5) is 5.00 Å². The Bertz CT molecular complexity index is 664. The van der Waals surface area contributed by atoms with E-state index in [1.165, 1.54) is 29.0 Å². The standard InChI is InChI=1S/C20H30N2O3S/c1-4-25-20(24)17-15-9-8-13(2)12-16(15)26-19(17)21-18(23)14(3)22-10-6-5-7-11-22/h13-14H,4-12H2,1-3H3,(H,21,23)/p+1/t13-,14-/m1/s1. The molecule has 1 aliphatic carbocycles. The Morgan fingerprint density at radius 2 is 2.04 bits per heavy atom. The van der Waals surface area contributed by atoms with E-state index in [2.05, 4.69) is 12.2 Å². The molecular formula is C20H31N2O3S+. The van der Waals surface area contributed by atoms with Crippen molar-refractivity contribution in [2.24, 2.45) is 5.92 Å². The molecule has 26 heavy (non-hydrogen) atoms. The van der Waals surface area contributed by atoms with Crippen LogP contribution < -0.4 is 10.2 Å². The summed E-state index contributed by atoms with van der Waals surface area (Å²) in [5.74, 6) is 0.336. The number of carbonyl (C=O) groups is 2. The summed E-state index contributed by atoms with van der Waals surface area (Å²) in [5.41, 5.74) is 1.70. The summed E-state index contributed by atoms with van der Waals surface area (Å²) in [5, 5.41) is 3.77. The molecule has 0 spiro atoms. The number of nitrogens with one attached hydrogen (secondary N) is 2. The maximum absolute atomic E-state index is 12.8. The summed E-state index contributed by atoms with van der Waals surface area (Å²) in [6, 6.07) is -0.0941. The third-order valence-corrected chi connectivity index (χ3v) is 6.90. The van der Waals surface area contributed by atoms with Crippen LogP contribution in [0, 0.1) is 5.92 Å². The number of carbonyl (C=O) groups excluding carboxylic acids is 2. The number of hydrogen-bond donors (Lipinski definition) is 2. The third kappa shape index (κ3) is 4.12. The molecule has 144 valence electrons. The second-order valence-corrected chi connectivity index (χ2v) is 8.81. The molecule has 2 N–H and O–H groups in total. The van der Waals surface area contributed by atoms with Gasteiger partial charge >= 0.3 is 5.97 Å². The van der Waals surface area contributed by atoms with E-state index >= 15 is 0 Å². The monoisotopic (exact) mass is 379 g/mol. The molecule has 0 unspecified atom stereocenters. The number of amides is 1. The summed E-state index contributed by atoms with van der Waals surface area (Å²) >= 11 is 1.57. The maximum atomic E-state index is 12.8. The minimum atomic E-state index is -0.298. The molecule has 6 heteroatoms. The number of piperidine rings is 1. The van der Waals surface area contributed by atoms with Crippen molar-refractivity contribution >= 4 is 28.2 Å². The van der Waals surface area contributed by atoms with E-state index in [0.717, 1.165) is 37.9 Å². The summed E-state index contributed by atoms with van der Waals surface area (Å²) in [6.07, 6.45) is 6.59. The van der Waals surface area contributed by atoms with Gasteiger partial charge in [0.05, 0.1) is 25.3 Å². The highest BCUT2D eigenvalue weighted by Crippen LogP contribution is 2.40. The topological polar surface area (TPSA) is 59.8 Å². The number of quaternary nitrogens is 1. The van der Waals surface area contributed by atoms with Crippen molar-refractivity contribution in [3.05, 3.63) is 16.0 Å². The number of likely N-dealkylation sites (tertiary alicyclic amines) is 1. The lowest BCUT2D eigenvalue weighted by Crippen LogP contribution is -3.17. The Morgan fingerprint density at radius 1 is 1.31 bits per heavy atom. The normalized spacial score (nSPS) is 21.7. The molecule has 1 aromatic rings. The number of esters is 1. The van der Waals surface area contributed by atoms with Gasteiger partial charge in [0, 0.05) is 4.88 Å². The van der Waals surface area contributed by atoms with Crippen molar-refractivity contribution in [3.63, 3.8) is 0 Å². The maximum Gasteiger partial charge on any atom is 0.341 e. The number of anilines is 1. The fourth-order valence-electron chi connectivity index (χ4n) is 4.10. The first-order valence-corrected chi connectivity index (χ1v) is 10.8. The molecule has 0 bridgehead atoms. The highest BCUT2D eigenvalue weighted by atomic mass is 32.1. The molecule has 3 rings (SSSR count). The second-order valence-electron chi connectivity index (χ2n) is 7.71. The van der Waals surface area contributed by atoms with Crippen LogP contribution in [0.25, 0.3) is 0 Å². The minimum absolute atomic E-state index is 0.0130. The van der Waals surface area contributed by atoms with E-state index in [4.69, 9.17) is 4.74 Å². The van der Waals surface area contributed by atoms with E-state index in [9.17, 15) is 9.59 Å². The first kappa shape index (κ1) is 19.4. The van der Waals surface area contributed by atoms with Crippen LogP contribution in [0.15, 0.2) is 0 Å². The lowest BCUT2D eigenvalue weighted by atomic mass is 9.88. The number of thiophene rings is 1. The molecule has 1 aromatic heterocycles. The van der Waals surface area contributed by atoms with Crippen LogP contribution in [0.3, 0.4) is 0 Å². The molecule has 0 saturated carbocycles. The van der Waals surface area contributed by atoms with Crippen LogP contribution in [0.2, 0.25) is 0 Å². The number of fused-ring (bicyclic) bond motifs is 1. The van der Waals surface area contributed by atoms with Crippen molar-refractivity contribution in [1.29, 1.82) is 0 Å². The van der Waals surface area contributed by atoms with E-state index in [1.54, 1.807) is 11.3 Å². The van der Waals surface area contributed by atoms with E-state index in [-0.39, 0.29) is 17.9 Å². The number of rotatable bonds is 5. The van der Waals surface area contributed by atoms with Crippen molar-refractivity contribution in [2.75, 3.05) is 25.0 Å². The van der Waals surface area contributed by atoms with E-state index < -0.39 is 0 Å². The summed E-state index contributed by atoms with van der Waals surface area (Å²) < 4.78 is 5.29. The average molecular weight is 380 g/mol. The van der Waals surface area contributed by atoms with Gasteiger partial charge in [0.1, 0.15) is 5.00 Å². The highest BCUT2D eigenvalue weighted by Gasteiger charge is 2.32. The fourth-order valence-corrected chi connectivity index (χ4v) is 5.50. The van der Waals surface area contributed by atoms with Crippen LogP contribution in [-0.4, -0.2) is 37.6 Å². The zero-order chi connectivity index (χ0) is 18.7. The first-order chi connectivity index (χ1) is 12.5. The molecule has 2 heterocycles. The van der Waals surface area contributed by atoms with Gasteiger partial charge in [-0.05, 0) is 63.9 Å². The largest absolute Gasteiger partial charge is 0.462 e. The lowest BCUT2D eigenvalue weighted by molar-refractivity contribution is -0.918. The SMILES string of the molecule is CCOC(=O)c1c(NC(=O)[C@@H](C)[NH+]2CCCCC2)sc2c1CC[C@@H](C)C2. The highest BCUT2D eigenvalue weighted by molar-refractivity contribution is 7.17. The zero-order valence-corrected chi connectivity index (χ0v) is 17.0. The Labute approximate surface area is 160 Å². The van der Waals surface area contributed by atoms with Crippen molar-refractivity contribution < 1.29 is 19.2 Å². The van der Waals surface area contributed by atoms with E-state index in [0.29, 0.717) is 23.1 Å². The Balaban J connectivity index is 1.81. The van der Waals surface area contributed by atoms with Gasteiger partial charge in [-0.25, -0.2) is 4.79 Å².